The van der Waals surface area contributed by atoms with Crippen molar-refractivity contribution in [1.82, 2.24) is 24.5 Å². The molecule has 6 aromatic rings. The fourth-order valence-electron chi connectivity index (χ4n) is 13.1. The van der Waals surface area contributed by atoms with Gasteiger partial charge >= 0.3 is 0 Å². The molecular formula is C63H73F2N8O7S-. The summed E-state index contributed by atoms with van der Waals surface area (Å²) in [5.74, 6) is 0.112. The van der Waals surface area contributed by atoms with Crippen LogP contribution in [0.25, 0.3) is 16.9 Å². The normalized spacial score (nSPS) is 21.8. The number of aliphatic hydroxyl groups is 1. The number of aromatic nitrogens is 2. The van der Waals surface area contributed by atoms with Crippen molar-refractivity contribution >= 4 is 49.9 Å². The molecule has 1 unspecified atom stereocenters. The maximum absolute atomic E-state index is 15.0. The van der Waals surface area contributed by atoms with Crippen molar-refractivity contribution < 1.29 is 36.6 Å². The number of imidazole rings is 1. The number of allylic oxidation sites excluding steroid dienone is 1. The van der Waals surface area contributed by atoms with E-state index in [1.54, 1.807) is 30.3 Å². The smallest absolute Gasteiger partial charge is 0.268 e. The molecule has 4 fully saturated rings. The number of carbonyl (C=O) groups is 1. The van der Waals surface area contributed by atoms with Gasteiger partial charge in [-0.05, 0) is 166 Å². The number of halogens is 2. The SMILES string of the molecule is C=CC(F)Oc1ccc(CN2CCN(C3CC4(CCN(c5ccc(C(=O)NS(=O)(=O)c6cc(N(C)[O-])c(NCC7CCC(C)(O)CC7)c7[nH]cnc67)c(Oc6ccc7c(c6)C(F)=CC7)c5)CC4)C3)[C@H](c3ccccc3C(C)C)C2)cc1. The lowest BCUT2D eigenvalue weighted by atomic mass is 9.59. The fraction of sp³-hybridized carbons (Fsp3) is 0.429. The molecule has 2 atom stereocenters. The van der Waals surface area contributed by atoms with Crippen molar-refractivity contribution in [2.45, 2.75) is 120 Å². The minimum absolute atomic E-state index is 0.0376. The Morgan fingerprint density at radius 2 is 1.73 bits per heavy atom. The number of ether oxygens (including phenoxy) is 2. The highest BCUT2D eigenvalue weighted by atomic mass is 32.2. The molecule has 3 aliphatic carbocycles. The number of amides is 1. The number of nitrogens with zero attached hydrogens (tertiary/aromatic N) is 5. The molecule has 2 saturated carbocycles. The number of benzene rings is 5. The molecule has 3 heterocycles. The number of hydrogen-bond acceptors (Lipinski definition) is 13. The summed E-state index contributed by atoms with van der Waals surface area (Å²) in [4.78, 5) is 29.0. The molecule has 4 N–H and O–H groups in total. The first-order chi connectivity index (χ1) is 38.8. The third kappa shape index (κ3) is 11.9. The Hall–Kier alpha value is -6.83. The summed E-state index contributed by atoms with van der Waals surface area (Å²) in [6, 6.07) is 28.6. The van der Waals surface area contributed by atoms with E-state index in [0.29, 0.717) is 65.3 Å². The summed E-state index contributed by atoms with van der Waals surface area (Å²) in [5, 5.41) is 27.6. The Kier molecular flexibility index (Phi) is 15.8. The zero-order valence-corrected chi connectivity index (χ0v) is 47.4. The van der Waals surface area contributed by atoms with Crippen molar-refractivity contribution in [3.8, 4) is 17.2 Å². The average Bonchev–Trinajstić information content (AvgIpc) is 4.09. The fourth-order valence-corrected chi connectivity index (χ4v) is 14.2. The number of fused-ring (bicyclic) bond motifs is 2. The quantitative estimate of drug-likeness (QED) is 0.0472. The van der Waals surface area contributed by atoms with Crippen LogP contribution >= 0.6 is 0 Å². The molecule has 5 aromatic carbocycles. The van der Waals surface area contributed by atoms with Crippen LogP contribution in [0.15, 0.2) is 121 Å². The first-order valence-electron chi connectivity index (χ1n) is 28.4. The Morgan fingerprint density at radius 1 is 0.988 bits per heavy atom. The molecule has 1 spiro atoms. The van der Waals surface area contributed by atoms with Crippen molar-refractivity contribution in [3.63, 3.8) is 0 Å². The van der Waals surface area contributed by atoms with Crippen LogP contribution in [0.3, 0.4) is 0 Å². The summed E-state index contributed by atoms with van der Waals surface area (Å²) in [5.41, 5.74) is 6.06. The monoisotopic (exact) mass is 1120 g/mol. The van der Waals surface area contributed by atoms with Gasteiger partial charge in [0.1, 0.15) is 33.5 Å². The van der Waals surface area contributed by atoms with Crippen LogP contribution in [0.4, 0.5) is 25.8 Å². The molecule has 81 heavy (non-hydrogen) atoms. The van der Waals surface area contributed by atoms with Crippen molar-refractivity contribution in [3.05, 3.63) is 155 Å². The van der Waals surface area contributed by atoms with Gasteiger partial charge < -0.3 is 40.1 Å². The zero-order valence-electron chi connectivity index (χ0n) is 46.6. The molecule has 18 heteroatoms. The molecule has 0 radical (unpaired) electrons. The van der Waals surface area contributed by atoms with Gasteiger partial charge in [0.2, 0.25) is 0 Å². The molecule has 428 valence electrons. The van der Waals surface area contributed by atoms with E-state index in [2.05, 4.69) is 79.4 Å². The molecule has 5 aliphatic rings. The second-order valence-electron chi connectivity index (χ2n) is 23.7. The van der Waals surface area contributed by atoms with Gasteiger partial charge in [0.05, 0.1) is 34.4 Å². The average molecular weight is 1120 g/mol. The highest BCUT2D eigenvalue weighted by Crippen LogP contribution is 2.54. The van der Waals surface area contributed by atoms with E-state index in [4.69, 9.17) is 9.47 Å². The highest BCUT2D eigenvalue weighted by Gasteiger charge is 2.50. The minimum Gasteiger partial charge on any atom is -0.758 e. The summed E-state index contributed by atoms with van der Waals surface area (Å²) in [7, 11) is -3.40. The lowest BCUT2D eigenvalue weighted by molar-refractivity contribution is -0.0628. The predicted octanol–water partition coefficient (Wildman–Crippen LogP) is 11.9. The summed E-state index contributed by atoms with van der Waals surface area (Å²) in [6.45, 7) is 15.4. The minimum atomic E-state index is -4.68. The van der Waals surface area contributed by atoms with E-state index in [1.165, 1.54) is 36.6 Å². The van der Waals surface area contributed by atoms with E-state index in [0.717, 1.165) is 101 Å². The van der Waals surface area contributed by atoms with Gasteiger partial charge in [-0.15, -0.1) is 0 Å². The second kappa shape index (κ2) is 22.8. The van der Waals surface area contributed by atoms with E-state index in [-0.39, 0.29) is 56.4 Å². The van der Waals surface area contributed by atoms with Crippen LogP contribution in [-0.4, -0.2) is 104 Å². The third-order valence-electron chi connectivity index (χ3n) is 17.8. The van der Waals surface area contributed by atoms with Crippen LogP contribution in [0.2, 0.25) is 0 Å². The van der Waals surface area contributed by atoms with Gasteiger partial charge in [-0.25, -0.2) is 22.5 Å². The van der Waals surface area contributed by atoms with Gasteiger partial charge in [-0.1, -0.05) is 62.9 Å². The number of H-pyrrole nitrogens is 1. The summed E-state index contributed by atoms with van der Waals surface area (Å²) in [6.07, 6.45) is 9.89. The molecule has 0 bridgehead atoms. The zero-order chi connectivity index (χ0) is 56.8. The summed E-state index contributed by atoms with van der Waals surface area (Å²) >= 11 is 0. The van der Waals surface area contributed by atoms with E-state index >= 15 is 0 Å². The Labute approximate surface area is 473 Å². The number of alkyl halides is 1. The number of aromatic amines is 1. The van der Waals surface area contributed by atoms with Crippen molar-refractivity contribution in [2.75, 3.05) is 61.6 Å². The Bertz CT molecular complexity index is 3430. The van der Waals surface area contributed by atoms with Crippen LogP contribution in [0.5, 0.6) is 17.2 Å². The number of sulfonamides is 1. The van der Waals surface area contributed by atoms with Gasteiger partial charge in [-0.2, -0.15) is 4.39 Å². The second-order valence-corrected chi connectivity index (χ2v) is 25.3. The lowest BCUT2D eigenvalue weighted by Gasteiger charge is -2.58. The number of carbonyl (C=O) groups excluding carboxylic acids is 1. The molecule has 2 aliphatic heterocycles. The number of anilines is 3. The number of hydroxylamine groups is 1. The first kappa shape index (κ1) is 56.1. The van der Waals surface area contributed by atoms with Gasteiger partial charge in [0.25, 0.3) is 22.3 Å². The highest BCUT2D eigenvalue weighted by molar-refractivity contribution is 7.90. The van der Waals surface area contributed by atoms with Gasteiger partial charge in [0, 0.05) is 75.2 Å². The predicted molar refractivity (Wildman–Crippen MR) is 314 cm³/mol. The van der Waals surface area contributed by atoms with Crippen LogP contribution < -0.4 is 29.5 Å². The maximum Gasteiger partial charge on any atom is 0.268 e. The molecule has 15 nitrogen and oxygen atoms in total. The van der Waals surface area contributed by atoms with E-state index in [1.807, 2.05) is 37.3 Å². The molecule has 11 rings (SSSR count). The molecule has 2 saturated heterocycles. The number of rotatable bonds is 18. The standard InChI is InChI=1S/C63H73F2N8O7S/c1-6-57(65)80-46-16-11-42(12-17-46)37-71-29-30-73(54(38-71)49-10-8-7-9-48(49)40(2)3)45-34-63(35-45)25-27-72(28-26-63)44-15-19-50(55(31-44)79-47-18-13-43-14-20-52(64)51(43)32-47)61(74)69-81(77,78)56-33-53(70(5)76)58(60-59(56)67-39-68-60)66-36-41-21-23-62(4,75)24-22-41/h6-13,15-20,31-33,39-41,45,54,57,66,75H,1,14,21-30,34-38H2,2-5H3,(H,67,68)(H,69,74)/q-1/t41?,54-,57?,62?/m0/s1. The first-order valence-corrected chi connectivity index (χ1v) is 29.9. The molecule has 1 aromatic heterocycles. The Morgan fingerprint density at radius 3 is 2.46 bits per heavy atom. The van der Waals surface area contributed by atoms with Gasteiger partial charge in [0.15, 0.2) is 0 Å². The largest absolute Gasteiger partial charge is 0.758 e. The van der Waals surface area contributed by atoms with Crippen molar-refractivity contribution in [2.24, 2.45) is 11.3 Å². The third-order valence-corrected chi connectivity index (χ3v) is 19.1. The van der Waals surface area contributed by atoms with Crippen LogP contribution in [0, 0.1) is 16.5 Å². The number of nitrogens with one attached hydrogen (secondary N) is 3. The topological polar surface area (TPSA) is 179 Å². The number of piperazine rings is 1. The number of hydrogen-bond donors (Lipinski definition) is 4. The van der Waals surface area contributed by atoms with Crippen molar-refractivity contribution in [1.29, 1.82) is 0 Å². The van der Waals surface area contributed by atoms with Crippen LogP contribution in [-0.2, 0) is 23.0 Å². The van der Waals surface area contributed by atoms with E-state index in [9.17, 15) is 32.3 Å². The number of piperidine rings is 1. The van der Waals surface area contributed by atoms with E-state index < -0.39 is 27.9 Å². The molecular weight excluding hydrogens is 1050 g/mol. The molecule has 1 amide bonds. The van der Waals surface area contributed by atoms with Crippen LogP contribution in [0.1, 0.15) is 122 Å². The maximum atomic E-state index is 15.0. The Balaban J connectivity index is 0.798. The lowest BCUT2D eigenvalue weighted by Crippen LogP contribution is -2.60. The summed E-state index contributed by atoms with van der Waals surface area (Å²) < 4.78 is 71.7. The van der Waals surface area contributed by atoms with Gasteiger partial charge in [-0.3, -0.25) is 14.6 Å².